The van der Waals surface area contributed by atoms with Crippen LogP contribution in [-0.4, -0.2) is 38.3 Å². The average Bonchev–Trinajstić information content (AvgIpc) is 2.82. The summed E-state index contributed by atoms with van der Waals surface area (Å²) in [6.45, 7) is 3.73. The van der Waals surface area contributed by atoms with Crippen LogP contribution in [0.1, 0.15) is 32.1 Å². The molecule has 3 fully saturated rings. The lowest BCUT2D eigenvalue weighted by atomic mass is 9.92. The third-order valence-corrected chi connectivity index (χ3v) is 4.63. The van der Waals surface area contributed by atoms with E-state index in [9.17, 15) is 4.79 Å². The fourth-order valence-corrected chi connectivity index (χ4v) is 3.34. The summed E-state index contributed by atoms with van der Waals surface area (Å²) >= 11 is 0. The van der Waals surface area contributed by atoms with Gasteiger partial charge in [0, 0.05) is 19.1 Å². The Bertz CT molecular complexity index is 294. The predicted octanol–water partition coefficient (Wildman–Crippen LogP) is 0.671. The molecule has 2 saturated heterocycles. The van der Waals surface area contributed by atoms with Gasteiger partial charge in [0.05, 0.1) is 6.10 Å². The first kappa shape index (κ1) is 11.5. The molecule has 2 heterocycles. The van der Waals surface area contributed by atoms with Crippen LogP contribution in [0.4, 0.5) is 0 Å². The minimum Gasteiger partial charge on any atom is -0.376 e. The first-order chi connectivity index (χ1) is 8.30. The van der Waals surface area contributed by atoms with Crippen molar-refractivity contribution in [2.24, 2.45) is 11.3 Å². The Hall–Kier alpha value is -0.610. The molecule has 17 heavy (non-hydrogen) atoms. The molecule has 0 radical (unpaired) electrons. The summed E-state index contributed by atoms with van der Waals surface area (Å²) in [6.07, 6.45) is 5.95. The van der Waals surface area contributed by atoms with Gasteiger partial charge in [0.1, 0.15) is 0 Å². The highest BCUT2D eigenvalue weighted by Crippen LogP contribution is 2.58. The Kier molecular flexibility index (Phi) is 3.09. The molecule has 0 aromatic rings. The standard InChI is InChI=1S/C13H22N2O2/c16-12(15-9-10-2-1-7-17-10)11-8-13(11)3-5-14-6-4-13/h10-11,14H,1-9H2,(H,15,16). The minimum absolute atomic E-state index is 0.265. The van der Waals surface area contributed by atoms with Gasteiger partial charge in [-0.25, -0.2) is 0 Å². The van der Waals surface area contributed by atoms with Crippen LogP contribution in [0, 0.1) is 11.3 Å². The summed E-state index contributed by atoms with van der Waals surface area (Å²) in [5.74, 6) is 0.549. The SMILES string of the molecule is O=C(NCC1CCCO1)C1CC12CCNCC2. The summed E-state index contributed by atoms with van der Waals surface area (Å²) in [5, 5.41) is 6.44. The zero-order valence-corrected chi connectivity index (χ0v) is 10.3. The largest absolute Gasteiger partial charge is 0.376 e. The van der Waals surface area contributed by atoms with Crippen LogP contribution in [0.3, 0.4) is 0 Å². The second-order valence-corrected chi connectivity index (χ2v) is 5.75. The van der Waals surface area contributed by atoms with Gasteiger partial charge in [0.15, 0.2) is 0 Å². The van der Waals surface area contributed by atoms with Crippen LogP contribution < -0.4 is 10.6 Å². The highest BCUT2D eigenvalue weighted by molar-refractivity contribution is 5.82. The number of hydrogen-bond donors (Lipinski definition) is 2. The molecule has 0 bridgehead atoms. The van der Waals surface area contributed by atoms with E-state index in [2.05, 4.69) is 10.6 Å². The molecule has 4 heteroatoms. The molecule has 1 spiro atoms. The maximum Gasteiger partial charge on any atom is 0.223 e. The van der Waals surface area contributed by atoms with Gasteiger partial charge in [-0.15, -0.1) is 0 Å². The van der Waals surface area contributed by atoms with Crippen molar-refractivity contribution in [2.45, 2.75) is 38.2 Å². The second kappa shape index (κ2) is 4.58. The van der Waals surface area contributed by atoms with Gasteiger partial charge in [0.25, 0.3) is 0 Å². The molecule has 4 nitrogen and oxygen atoms in total. The van der Waals surface area contributed by atoms with Crippen molar-refractivity contribution < 1.29 is 9.53 Å². The Labute approximate surface area is 102 Å². The van der Waals surface area contributed by atoms with E-state index in [4.69, 9.17) is 4.74 Å². The summed E-state index contributed by atoms with van der Waals surface area (Å²) < 4.78 is 5.52. The van der Waals surface area contributed by atoms with E-state index >= 15 is 0 Å². The Morgan fingerprint density at radius 1 is 1.41 bits per heavy atom. The van der Waals surface area contributed by atoms with Gasteiger partial charge < -0.3 is 15.4 Å². The van der Waals surface area contributed by atoms with E-state index in [1.807, 2.05) is 0 Å². The third kappa shape index (κ3) is 2.33. The van der Waals surface area contributed by atoms with E-state index in [1.54, 1.807) is 0 Å². The molecule has 3 aliphatic rings. The number of carbonyl (C=O) groups is 1. The molecule has 2 atom stereocenters. The predicted molar refractivity (Wildman–Crippen MR) is 64.6 cm³/mol. The van der Waals surface area contributed by atoms with Gasteiger partial charge in [-0.05, 0) is 50.6 Å². The summed E-state index contributed by atoms with van der Waals surface area (Å²) in [6, 6.07) is 0. The maximum absolute atomic E-state index is 12.0. The highest BCUT2D eigenvalue weighted by Gasteiger charge is 2.57. The lowest BCUT2D eigenvalue weighted by Crippen LogP contribution is -2.36. The number of piperidine rings is 1. The molecule has 3 rings (SSSR count). The quantitative estimate of drug-likeness (QED) is 0.760. The smallest absolute Gasteiger partial charge is 0.223 e. The first-order valence-corrected chi connectivity index (χ1v) is 6.90. The van der Waals surface area contributed by atoms with Crippen LogP contribution in [-0.2, 0) is 9.53 Å². The molecule has 0 aromatic carbocycles. The van der Waals surface area contributed by atoms with E-state index in [-0.39, 0.29) is 17.9 Å². The number of nitrogens with one attached hydrogen (secondary N) is 2. The summed E-state index contributed by atoms with van der Waals surface area (Å²) in [5.41, 5.74) is 0.353. The number of hydrogen-bond acceptors (Lipinski definition) is 3. The van der Waals surface area contributed by atoms with E-state index in [0.717, 1.165) is 39.0 Å². The molecule has 1 amide bonds. The lowest BCUT2D eigenvalue weighted by Gasteiger charge is -2.23. The molecule has 0 aromatic heterocycles. The number of carbonyl (C=O) groups excluding carboxylic acids is 1. The summed E-state index contributed by atoms with van der Waals surface area (Å²) in [4.78, 5) is 12.0. The first-order valence-electron chi connectivity index (χ1n) is 6.90. The van der Waals surface area contributed by atoms with Gasteiger partial charge in [-0.2, -0.15) is 0 Å². The van der Waals surface area contributed by atoms with Gasteiger partial charge in [0.2, 0.25) is 5.91 Å². The van der Waals surface area contributed by atoms with Crippen molar-refractivity contribution in [1.29, 1.82) is 0 Å². The number of ether oxygens (including phenoxy) is 1. The van der Waals surface area contributed by atoms with Crippen LogP contribution in [0.15, 0.2) is 0 Å². The van der Waals surface area contributed by atoms with E-state index in [1.165, 1.54) is 12.8 Å². The van der Waals surface area contributed by atoms with Crippen molar-refractivity contribution in [3.8, 4) is 0 Å². The number of amides is 1. The monoisotopic (exact) mass is 238 g/mol. The molecule has 2 N–H and O–H groups in total. The normalized spacial score (nSPS) is 34.8. The fourth-order valence-electron chi connectivity index (χ4n) is 3.34. The second-order valence-electron chi connectivity index (χ2n) is 5.75. The van der Waals surface area contributed by atoms with Gasteiger partial charge in [-0.1, -0.05) is 0 Å². The highest BCUT2D eigenvalue weighted by atomic mass is 16.5. The van der Waals surface area contributed by atoms with Crippen molar-refractivity contribution in [3.63, 3.8) is 0 Å². The molecular weight excluding hydrogens is 216 g/mol. The van der Waals surface area contributed by atoms with E-state index in [0.29, 0.717) is 12.0 Å². The Morgan fingerprint density at radius 3 is 2.94 bits per heavy atom. The molecule has 1 saturated carbocycles. The zero-order chi connectivity index (χ0) is 11.7. The van der Waals surface area contributed by atoms with Crippen molar-refractivity contribution in [1.82, 2.24) is 10.6 Å². The minimum atomic E-state index is 0.265. The maximum atomic E-state index is 12.0. The fraction of sp³-hybridized carbons (Fsp3) is 0.923. The van der Waals surface area contributed by atoms with Gasteiger partial charge in [-0.3, -0.25) is 4.79 Å². The van der Waals surface area contributed by atoms with Crippen LogP contribution in [0.2, 0.25) is 0 Å². The molecule has 2 unspecified atom stereocenters. The lowest BCUT2D eigenvalue weighted by molar-refractivity contribution is -0.123. The van der Waals surface area contributed by atoms with Crippen LogP contribution >= 0.6 is 0 Å². The third-order valence-electron chi connectivity index (χ3n) is 4.63. The zero-order valence-electron chi connectivity index (χ0n) is 10.3. The van der Waals surface area contributed by atoms with Crippen LogP contribution in [0.25, 0.3) is 0 Å². The van der Waals surface area contributed by atoms with Crippen LogP contribution in [0.5, 0.6) is 0 Å². The molecule has 1 aliphatic carbocycles. The molecule has 96 valence electrons. The van der Waals surface area contributed by atoms with Crippen molar-refractivity contribution >= 4 is 5.91 Å². The van der Waals surface area contributed by atoms with Crippen molar-refractivity contribution in [3.05, 3.63) is 0 Å². The van der Waals surface area contributed by atoms with Gasteiger partial charge >= 0.3 is 0 Å². The van der Waals surface area contributed by atoms with Crippen molar-refractivity contribution in [2.75, 3.05) is 26.2 Å². The topological polar surface area (TPSA) is 50.4 Å². The summed E-state index contributed by atoms with van der Waals surface area (Å²) in [7, 11) is 0. The molecule has 2 aliphatic heterocycles. The van der Waals surface area contributed by atoms with E-state index < -0.39 is 0 Å². The molecular formula is C13H22N2O2. The number of rotatable bonds is 3. The Morgan fingerprint density at radius 2 is 2.24 bits per heavy atom. The Balaban J connectivity index is 1.44. The average molecular weight is 238 g/mol.